The number of nitrogens with zero attached hydrogens (tertiary/aromatic N) is 10. The Morgan fingerprint density at radius 1 is 0.620 bits per heavy atom. The minimum Gasteiger partial charge on any atom is -0.494 e. The number of fused-ring (bicyclic) bond motifs is 1. The SMILES string of the molecule is CC1(C)O[C@@H]2[C@H](O1)[C@@H](CN=[N+]=[N-])O[C@@H]2CC(=O)NCCC(=O)N(CCCCOc1cc(CN(Cc2ccccn2)Cc2ccccn2)cc(CN(Cc2ccccn2)Cc2ccccn2)c1)Cc1ccc(-c2ccccc2)cc1. The highest BCUT2D eigenvalue weighted by Crippen LogP contribution is 2.40. The molecule has 0 radical (unpaired) electrons. The van der Waals surface area contributed by atoms with E-state index in [9.17, 15) is 9.59 Å². The second kappa shape index (κ2) is 28.1. The zero-order chi connectivity index (χ0) is 54.7. The average Bonchev–Trinajstić information content (AvgIpc) is 4.12. The number of rotatable bonds is 28. The molecular weight excluding hydrogens is 995 g/mol. The van der Waals surface area contributed by atoms with Crippen molar-refractivity contribution in [3.05, 3.63) is 220 Å². The number of carbonyl (C=O) groups excluding carboxylic acids is 2. The molecule has 4 atom stereocenters. The second-order valence-electron chi connectivity index (χ2n) is 20.5. The first-order chi connectivity index (χ1) is 38.6. The van der Waals surface area contributed by atoms with Crippen molar-refractivity contribution in [1.29, 1.82) is 0 Å². The van der Waals surface area contributed by atoms with Crippen LogP contribution in [0.1, 0.15) is 79.0 Å². The zero-order valence-corrected chi connectivity index (χ0v) is 45.0. The third-order valence-electron chi connectivity index (χ3n) is 13.8. The number of hydrogen-bond acceptors (Lipinski definition) is 13. The molecule has 6 heterocycles. The van der Waals surface area contributed by atoms with E-state index in [0.29, 0.717) is 71.8 Å². The number of pyridine rings is 4. The highest BCUT2D eigenvalue weighted by atomic mass is 16.8. The zero-order valence-electron chi connectivity index (χ0n) is 45.0. The number of carbonyl (C=O) groups is 2. The normalized spacial score (nSPS) is 17.3. The number of benzene rings is 3. The maximum absolute atomic E-state index is 14.1. The van der Waals surface area contributed by atoms with Crippen molar-refractivity contribution in [2.45, 2.75) is 116 Å². The summed E-state index contributed by atoms with van der Waals surface area (Å²) in [5, 5.41) is 6.62. The van der Waals surface area contributed by atoms with Crippen LogP contribution in [0.3, 0.4) is 0 Å². The van der Waals surface area contributed by atoms with Crippen molar-refractivity contribution < 1.29 is 28.5 Å². The molecule has 2 aliphatic heterocycles. The van der Waals surface area contributed by atoms with Crippen LogP contribution in [0.25, 0.3) is 21.6 Å². The van der Waals surface area contributed by atoms with Crippen LogP contribution in [-0.4, -0.2) is 103 Å². The van der Waals surface area contributed by atoms with Crippen LogP contribution in [-0.2, 0) is 69.6 Å². The quantitative estimate of drug-likeness (QED) is 0.0212. The molecule has 17 heteroatoms. The maximum Gasteiger partial charge on any atom is 0.224 e. The van der Waals surface area contributed by atoms with Gasteiger partial charge in [0.2, 0.25) is 11.8 Å². The van der Waals surface area contributed by atoms with Gasteiger partial charge in [-0.25, -0.2) is 0 Å². The fourth-order valence-corrected chi connectivity index (χ4v) is 10.2. The van der Waals surface area contributed by atoms with Crippen LogP contribution >= 0.6 is 0 Å². The molecule has 17 nitrogen and oxygen atoms in total. The van der Waals surface area contributed by atoms with Gasteiger partial charge < -0.3 is 29.2 Å². The molecule has 3 aromatic carbocycles. The number of hydrogen-bond donors (Lipinski definition) is 1. The standard InChI is InChI=1S/C62H69N11O6/c1-62(2)78-60-56(77-57(38-69-70-63)61(60)79-62)37-58(74)68-31-26-59(75)73(41-46-22-24-50(25-23-46)49-16-4-3-5-17-49)32-14-15-33-76-55-35-47(39-71(42-51-18-6-10-27-64-51)43-52-19-7-11-28-65-52)34-48(36-55)40-72(44-53-20-8-12-29-66-53)45-54-21-9-13-30-67-54/h3-13,16-25,27-30,34-36,56-57,60-61H,14-15,26,31-33,37-45H2,1-2H3,(H,68,74)/t56-,57-,60+,61-/m1/s1. The molecule has 0 spiro atoms. The minimum absolute atomic E-state index is 0.00657. The number of nitrogens with one attached hydrogen (secondary N) is 1. The van der Waals surface area contributed by atoms with Crippen LogP contribution < -0.4 is 10.1 Å². The molecule has 2 amide bonds. The van der Waals surface area contributed by atoms with E-state index >= 15 is 0 Å². The largest absolute Gasteiger partial charge is 0.494 e. The molecule has 79 heavy (non-hydrogen) atoms. The summed E-state index contributed by atoms with van der Waals surface area (Å²) in [6, 6.07) is 49.0. The monoisotopic (exact) mass is 1060 g/mol. The summed E-state index contributed by atoms with van der Waals surface area (Å²) in [6.07, 6.45) is 6.72. The molecule has 2 aliphatic rings. The summed E-state index contributed by atoms with van der Waals surface area (Å²) in [6.45, 7) is 8.93. The Morgan fingerprint density at radius 3 is 1.66 bits per heavy atom. The van der Waals surface area contributed by atoms with Crippen molar-refractivity contribution >= 4 is 11.8 Å². The number of ether oxygens (including phenoxy) is 4. The summed E-state index contributed by atoms with van der Waals surface area (Å²) in [7, 11) is 0. The van der Waals surface area contributed by atoms with Crippen LogP contribution in [0.15, 0.2) is 175 Å². The Morgan fingerprint density at radius 2 is 1.14 bits per heavy atom. The maximum atomic E-state index is 14.1. The van der Waals surface area contributed by atoms with E-state index < -0.39 is 30.2 Å². The molecular formula is C62H69N11O6. The lowest BCUT2D eigenvalue weighted by atomic mass is 10.0. The van der Waals surface area contributed by atoms with E-state index in [1.165, 1.54) is 0 Å². The molecule has 7 aromatic rings. The van der Waals surface area contributed by atoms with E-state index in [1.807, 2.05) is 110 Å². The summed E-state index contributed by atoms with van der Waals surface area (Å²) in [5.41, 5.74) is 18.2. The van der Waals surface area contributed by atoms with Gasteiger partial charge in [-0.05, 0) is 121 Å². The van der Waals surface area contributed by atoms with Gasteiger partial charge in [-0.15, -0.1) is 0 Å². The van der Waals surface area contributed by atoms with Crippen molar-refractivity contribution in [2.24, 2.45) is 5.11 Å². The van der Waals surface area contributed by atoms with Gasteiger partial charge in [0.1, 0.15) is 18.0 Å². The molecule has 0 saturated carbocycles. The van der Waals surface area contributed by atoms with Crippen LogP contribution in [0.5, 0.6) is 5.75 Å². The lowest BCUT2D eigenvalue weighted by molar-refractivity contribution is -0.186. The van der Waals surface area contributed by atoms with Crippen molar-refractivity contribution in [3.8, 4) is 16.9 Å². The molecule has 0 aliphatic carbocycles. The highest BCUT2D eigenvalue weighted by Gasteiger charge is 2.55. The van der Waals surface area contributed by atoms with Crippen LogP contribution in [0, 0.1) is 0 Å². The molecule has 2 saturated heterocycles. The molecule has 0 unspecified atom stereocenters. The topological polar surface area (TPSA) is 193 Å². The summed E-state index contributed by atoms with van der Waals surface area (Å²) in [4.78, 5) is 55.6. The van der Waals surface area contributed by atoms with E-state index in [-0.39, 0.29) is 37.7 Å². The number of unbranched alkanes of at least 4 members (excludes halogenated alkanes) is 1. The lowest BCUT2D eigenvalue weighted by Crippen LogP contribution is -2.37. The lowest BCUT2D eigenvalue weighted by Gasteiger charge is -2.25. The fourth-order valence-electron chi connectivity index (χ4n) is 10.2. The predicted molar refractivity (Wildman–Crippen MR) is 300 cm³/mol. The predicted octanol–water partition coefficient (Wildman–Crippen LogP) is 10.0. The van der Waals surface area contributed by atoms with Gasteiger partial charge in [0.15, 0.2) is 5.79 Å². The smallest absolute Gasteiger partial charge is 0.224 e. The highest BCUT2D eigenvalue weighted by molar-refractivity contribution is 5.79. The molecule has 408 valence electrons. The van der Waals surface area contributed by atoms with Gasteiger partial charge in [-0.3, -0.25) is 39.3 Å². The van der Waals surface area contributed by atoms with Gasteiger partial charge in [-0.2, -0.15) is 0 Å². The molecule has 2 fully saturated rings. The van der Waals surface area contributed by atoms with Gasteiger partial charge in [0.25, 0.3) is 0 Å². The Hall–Kier alpha value is -7.89. The summed E-state index contributed by atoms with van der Waals surface area (Å²) >= 11 is 0. The number of aromatic nitrogens is 4. The fraction of sp³-hybridized carbons (Fsp3) is 0.355. The Labute approximate surface area is 462 Å². The second-order valence-corrected chi connectivity index (χ2v) is 20.5. The van der Waals surface area contributed by atoms with Gasteiger partial charge >= 0.3 is 0 Å². The Bertz CT molecular complexity index is 2860. The average molecular weight is 1060 g/mol. The van der Waals surface area contributed by atoms with Gasteiger partial charge in [0, 0.05) is 95.0 Å². The number of azide groups is 1. The first kappa shape index (κ1) is 55.9. The van der Waals surface area contributed by atoms with Crippen molar-refractivity contribution in [2.75, 3.05) is 26.2 Å². The molecule has 4 aromatic heterocycles. The van der Waals surface area contributed by atoms with Crippen molar-refractivity contribution in [1.82, 2.24) is 40.0 Å². The summed E-state index contributed by atoms with van der Waals surface area (Å²) < 4.78 is 24.9. The van der Waals surface area contributed by atoms with E-state index in [4.69, 9.17) is 24.5 Å². The first-order valence-corrected chi connectivity index (χ1v) is 27.1. The van der Waals surface area contributed by atoms with Crippen LogP contribution in [0.4, 0.5) is 0 Å². The van der Waals surface area contributed by atoms with Crippen LogP contribution in [0.2, 0.25) is 0 Å². The summed E-state index contributed by atoms with van der Waals surface area (Å²) in [5.74, 6) is -0.448. The van der Waals surface area contributed by atoms with Crippen molar-refractivity contribution in [3.63, 3.8) is 0 Å². The third kappa shape index (κ3) is 17.1. The van der Waals surface area contributed by atoms with E-state index in [2.05, 4.69) is 124 Å². The van der Waals surface area contributed by atoms with Gasteiger partial charge in [-0.1, -0.05) is 90.0 Å². The Kier molecular flexibility index (Phi) is 19.9. The number of amides is 2. The minimum atomic E-state index is -0.865. The molecule has 1 N–H and O–H groups in total. The molecule has 9 rings (SSSR count). The molecule has 0 bridgehead atoms. The Balaban J connectivity index is 0.876. The first-order valence-electron chi connectivity index (χ1n) is 27.1. The van der Waals surface area contributed by atoms with E-state index in [1.54, 1.807) is 0 Å². The van der Waals surface area contributed by atoms with E-state index in [0.717, 1.165) is 56.3 Å². The van der Waals surface area contributed by atoms with Gasteiger partial charge in [0.05, 0.1) is 54.6 Å². The third-order valence-corrected chi connectivity index (χ3v) is 13.8.